The normalized spacial score (nSPS) is 15.1. The molecular weight excluding hydrogens is 481 g/mol. The number of aryl methyl sites for hydroxylation is 1. The van der Waals surface area contributed by atoms with Gasteiger partial charge in [0.25, 0.3) is 5.56 Å². The molecule has 1 saturated heterocycles. The molecule has 4 rings (SSSR count). The molecule has 1 aliphatic rings. The maximum atomic E-state index is 13.4. The first-order valence-corrected chi connectivity index (χ1v) is 10.8. The second-order valence-electron chi connectivity index (χ2n) is 7.44. The van der Waals surface area contributed by atoms with Crippen molar-refractivity contribution >= 4 is 39.2 Å². The minimum Gasteiger partial charge on any atom is -0.497 e. The topological polar surface area (TPSA) is 67.6 Å². The van der Waals surface area contributed by atoms with Crippen LogP contribution in [0.1, 0.15) is 24.2 Å². The van der Waals surface area contributed by atoms with Crippen LogP contribution in [-0.2, 0) is 6.54 Å². The van der Waals surface area contributed by atoms with E-state index < -0.39 is 0 Å². The van der Waals surface area contributed by atoms with Crippen molar-refractivity contribution in [3.05, 3.63) is 61.7 Å². The van der Waals surface area contributed by atoms with Gasteiger partial charge >= 0.3 is 0 Å². The molecular formula is C22H24IN3O3. The number of benzene rings is 2. The molecule has 0 spiro atoms. The van der Waals surface area contributed by atoms with Gasteiger partial charge in [-0.1, -0.05) is 12.1 Å². The lowest BCUT2D eigenvalue weighted by Gasteiger charge is -2.31. The zero-order chi connectivity index (χ0) is 20.5. The van der Waals surface area contributed by atoms with E-state index in [4.69, 9.17) is 9.72 Å². The minimum atomic E-state index is -0.225. The predicted molar refractivity (Wildman–Crippen MR) is 123 cm³/mol. The molecule has 0 unspecified atom stereocenters. The molecule has 1 aromatic heterocycles. The van der Waals surface area contributed by atoms with Crippen LogP contribution >= 0.6 is 22.6 Å². The Bertz CT molecular complexity index is 1090. The van der Waals surface area contributed by atoms with Crippen LogP contribution in [0.3, 0.4) is 0 Å². The number of piperidine rings is 1. The fraction of sp³-hybridized carbons (Fsp3) is 0.364. The van der Waals surface area contributed by atoms with Gasteiger partial charge in [0.15, 0.2) is 0 Å². The number of aromatic nitrogens is 2. The van der Waals surface area contributed by atoms with Gasteiger partial charge < -0.3 is 14.7 Å². The Morgan fingerprint density at radius 2 is 1.90 bits per heavy atom. The minimum absolute atomic E-state index is 0.0277. The number of fused-ring (bicyclic) bond motifs is 1. The van der Waals surface area contributed by atoms with Gasteiger partial charge in [-0.05, 0) is 72.2 Å². The number of halogens is 1. The van der Waals surface area contributed by atoms with Gasteiger partial charge in [0.2, 0.25) is 0 Å². The van der Waals surface area contributed by atoms with Crippen LogP contribution in [0.15, 0.2) is 41.2 Å². The SMILES string of the molecule is COc1ccc(Cn2c(C)nc3c(I)cc(N4CCC(O)CC4)cc3c2=O)cc1. The first-order valence-electron chi connectivity index (χ1n) is 9.73. The smallest absolute Gasteiger partial charge is 0.261 e. The Hall–Kier alpha value is -2.13. The molecule has 0 saturated carbocycles. The number of hydrogen-bond donors (Lipinski definition) is 1. The summed E-state index contributed by atoms with van der Waals surface area (Å²) in [5.74, 6) is 1.49. The molecule has 0 radical (unpaired) electrons. The monoisotopic (exact) mass is 505 g/mol. The molecule has 3 aromatic rings. The van der Waals surface area contributed by atoms with E-state index in [1.165, 1.54) is 0 Å². The molecule has 0 amide bonds. The van der Waals surface area contributed by atoms with E-state index in [1.807, 2.05) is 37.3 Å². The molecule has 2 heterocycles. The molecule has 0 aliphatic carbocycles. The third-order valence-corrected chi connectivity index (χ3v) is 6.34. The Balaban J connectivity index is 1.74. The molecule has 0 bridgehead atoms. The van der Waals surface area contributed by atoms with Crippen molar-refractivity contribution in [2.24, 2.45) is 0 Å². The van der Waals surface area contributed by atoms with Gasteiger partial charge in [0.05, 0.1) is 30.7 Å². The highest BCUT2D eigenvalue weighted by atomic mass is 127. The molecule has 1 fully saturated rings. The summed E-state index contributed by atoms with van der Waals surface area (Å²) < 4.78 is 7.91. The third kappa shape index (κ3) is 4.11. The van der Waals surface area contributed by atoms with Crippen LogP contribution in [0.5, 0.6) is 5.75 Å². The largest absolute Gasteiger partial charge is 0.497 e. The summed E-state index contributed by atoms with van der Waals surface area (Å²) in [6.07, 6.45) is 1.28. The summed E-state index contributed by atoms with van der Waals surface area (Å²) in [7, 11) is 1.64. The summed E-state index contributed by atoms with van der Waals surface area (Å²) >= 11 is 2.26. The number of nitrogens with zero attached hydrogens (tertiary/aromatic N) is 3. The highest BCUT2D eigenvalue weighted by molar-refractivity contribution is 14.1. The zero-order valence-corrected chi connectivity index (χ0v) is 18.7. The van der Waals surface area contributed by atoms with Crippen molar-refractivity contribution in [2.45, 2.75) is 32.4 Å². The van der Waals surface area contributed by atoms with Gasteiger partial charge in [0.1, 0.15) is 11.6 Å². The van der Waals surface area contributed by atoms with Crippen molar-refractivity contribution < 1.29 is 9.84 Å². The quantitative estimate of drug-likeness (QED) is 0.552. The summed E-state index contributed by atoms with van der Waals surface area (Å²) in [5, 5.41) is 10.4. The van der Waals surface area contributed by atoms with E-state index in [2.05, 4.69) is 33.6 Å². The summed E-state index contributed by atoms with van der Waals surface area (Å²) in [4.78, 5) is 20.3. The van der Waals surface area contributed by atoms with E-state index in [1.54, 1.807) is 11.7 Å². The number of anilines is 1. The third-order valence-electron chi connectivity index (χ3n) is 5.52. The Morgan fingerprint density at radius 3 is 2.55 bits per heavy atom. The van der Waals surface area contributed by atoms with Crippen molar-refractivity contribution in [1.29, 1.82) is 0 Å². The summed E-state index contributed by atoms with van der Waals surface area (Å²) in [5.41, 5.74) is 2.76. The maximum Gasteiger partial charge on any atom is 0.261 e. The van der Waals surface area contributed by atoms with Crippen LogP contribution < -0.4 is 15.2 Å². The van der Waals surface area contributed by atoms with Crippen molar-refractivity contribution in [1.82, 2.24) is 9.55 Å². The molecule has 1 aliphatic heterocycles. The highest BCUT2D eigenvalue weighted by Gasteiger charge is 2.20. The number of aliphatic hydroxyl groups excluding tert-OH is 1. The number of aliphatic hydroxyl groups is 1. The zero-order valence-electron chi connectivity index (χ0n) is 16.6. The maximum absolute atomic E-state index is 13.4. The van der Waals surface area contributed by atoms with Crippen LogP contribution in [-0.4, -0.2) is 41.0 Å². The Labute approximate surface area is 183 Å². The van der Waals surface area contributed by atoms with Crippen LogP contribution in [0.2, 0.25) is 0 Å². The van der Waals surface area contributed by atoms with E-state index in [0.29, 0.717) is 17.8 Å². The molecule has 6 nitrogen and oxygen atoms in total. The van der Waals surface area contributed by atoms with E-state index in [9.17, 15) is 9.90 Å². The number of methoxy groups -OCH3 is 1. The van der Waals surface area contributed by atoms with Gasteiger partial charge in [-0.25, -0.2) is 4.98 Å². The average molecular weight is 505 g/mol. The van der Waals surface area contributed by atoms with E-state index >= 15 is 0 Å². The van der Waals surface area contributed by atoms with Crippen molar-refractivity contribution in [3.8, 4) is 5.75 Å². The molecule has 29 heavy (non-hydrogen) atoms. The number of hydrogen-bond acceptors (Lipinski definition) is 5. The van der Waals surface area contributed by atoms with Gasteiger partial charge in [0, 0.05) is 22.3 Å². The first kappa shape index (κ1) is 20.2. The van der Waals surface area contributed by atoms with Gasteiger partial charge in [-0.15, -0.1) is 0 Å². The lowest BCUT2D eigenvalue weighted by molar-refractivity contribution is 0.145. The van der Waals surface area contributed by atoms with Crippen LogP contribution in [0.4, 0.5) is 5.69 Å². The number of ether oxygens (including phenoxy) is 1. The second-order valence-corrected chi connectivity index (χ2v) is 8.60. The first-order chi connectivity index (χ1) is 14.0. The Kier molecular flexibility index (Phi) is 5.78. The van der Waals surface area contributed by atoms with Gasteiger partial charge in [-0.2, -0.15) is 0 Å². The van der Waals surface area contributed by atoms with E-state index in [-0.39, 0.29) is 11.7 Å². The van der Waals surface area contributed by atoms with Gasteiger partial charge in [-0.3, -0.25) is 9.36 Å². The Morgan fingerprint density at radius 1 is 1.21 bits per heavy atom. The summed E-state index contributed by atoms with van der Waals surface area (Å²) in [6.45, 7) is 3.93. The van der Waals surface area contributed by atoms with E-state index in [0.717, 1.165) is 52.0 Å². The fourth-order valence-corrected chi connectivity index (χ4v) is 4.51. The standard InChI is InChI=1S/C22H24IN3O3/c1-14-24-21-19(11-16(12-20(21)23)25-9-7-17(27)8-10-25)22(28)26(14)13-15-3-5-18(29-2)6-4-15/h3-6,11-12,17,27H,7-10,13H2,1-2H3. The predicted octanol–water partition coefficient (Wildman–Crippen LogP) is 3.33. The number of rotatable bonds is 4. The molecule has 2 aromatic carbocycles. The van der Waals surface area contributed by atoms with Crippen LogP contribution in [0, 0.1) is 10.5 Å². The molecule has 152 valence electrons. The highest BCUT2D eigenvalue weighted by Crippen LogP contribution is 2.27. The summed E-state index contributed by atoms with van der Waals surface area (Å²) in [6, 6.07) is 11.8. The van der Waals surface area contributed by atoms with Crippen LogP contribution in [0.25, 0.3) is 10.9 Å². The average Bonchev–Trinajstić information content (AvgIpc) is 2.73. The molecule has 7 heteroatoms. The molecule has 1 N–H and O–H groups in total. The molecule has 0 atom stereocenters. The fourth-order valence-electron chi connectivity index (χ4n) is 3.78. The second kappa shape index (κ2) is 8.31. The lowest BCUT2D eigenvalue weighted by atomic mass is 10.1. The van der Waals surface area contributed by atoms with Crippen molar-refractivity contribution in [3.63, 3.8) is 0 Å². The van der Waals surface area contributed by atoms with Crippen molar-refractivity contribution in [2.75, 3.05) is 25.1 Å². The lowest BCUT2D eigenvalue weighted by Crippen LogP contribution is -2.36.